The molecule has 4 aromatic rings. The predicted molar refractivity (Wildman–Crippen MR) is 220 cm³/mol. The third-order valence-electron chi connectivity index (χ3n) is 12.7. The number of para-hydroxylation sites is 1. The molecule has 2 fully saturated rings. The lowest BCUT2D eigenvalue weighted by molar-refractivity contribution is -0.150. The van der Waals surface area contributed by atoms with E-state index in [2.05, 4.69) is 54.1 Å². The van der Waals surface area contributed by atoms with Gasteiger partial charge in [-0.05, 0) is 84.5 Å². The normalized spacial score (nSPS) is 24.8. The first-order chi connectivity index (χ1) is 26.5. The minimum atomic E-state index is -2.48. The Kier molecular flexibility index (Phi) is 10.0. The van der Waals surface area contributed by atoms with Crippen LogP contribution >= 0.6 is 15.9 Å². The maximum absolute atomic E-state index is 15.4. The van der Waals surface area contributed by atoms with E-state index in [1.54, 1.807) is 12.0 Å². The molecule has 0 unspecified atom stereocenters. The summed E-state index contributed by atoms with van der Waals surface area (Å²) in [5, 5.41) is 11.3. The molecular formula is C44H48BrN3O6Si. The van der Waals surface area contributed by atoms with Gasteiger partial charge in [-0.15, -0.1) is 0 Å². The van der Waals surface area contributed by atoms with Gasteiger partial charge in [0.25, 0.3) is 5.91 Å². The molecule has 0 saturated carbocycles. The molecule has 0 bridgehead atoms. The Morgan fingerprint density at radius 1 is 0.982 bits per heavy atom. The first-order valence-corrected chi connectivity index (χ1v) is 23.2. The summed E-state index contributed by atoms with van der Waals surface area (Å²) in [4.78, 5) is 48.3. The summed E-state index contributed by atoms with van der Waals surface area (Å²) in [5.41, 5.74) is 3.83. The lowest BCUT2D eigenvalue weighted by atomic mass is 9.82. The number of aliphatic hydroxyl groups excluding tert-OH is 1. The minimum Gasteiger partial charge on any atom is -0.497 e. The van der Waals surface area contributed by atoms with Gasteiger partial charge in [0, 0.05) is 34.6 Å². The van der Waals surface area contributed by atoms with Gasteiger partial charge in [-0.2, -0.15) is 0 Å². The van der Waals surface area contributed by atoms with E-state index >= 15 is 4.79 Å². The number of rotatable bonds is 9. The number of likely N-dealkylation sites (tertiary alicyclic amines) is 1. The SMILES string of the molecule is COc1ccc([Si](C)(C)[C@H]2[C@H](CC(=O)N3CCC[C@H]3CO)O[C@@]3(C(=O)N(Cc4cccc(N5C(=O)CCc6ccccc65)c4)c4ccc(Br)cc43)[C@@H]2C)cc1. The van der Waals surface area contributed by atoms with Crippen molar-refractivity contribution in [1.82, 2.24) is 4.90 Å². The van der Waals surface area contributed by atoms with Gasteiger partial charge in [-0.1, -0.05) is 83.6 Å². The summed E-state index contributed by atoms with van der Waals surface area (Å²) in [6, 6.07) is 29.9. The number of carbonyl (C=O) groups is 3. The fraction of sp³-hybridized carbons (Fsp3) is 0.386. The van der Waals surface area contributed by atoms with Crippen molar-refractivity contribution in [3.8, 4) is 5.75 Å². The molecule has 0 radical (unpaired) electrons. The molecule has 1 N–H and O–H groups in total. The number of halogens is 1. The van der Waals surface area contributed by atoms with Gasteiger partial charge in [0.15, 0.2) is 5.60 Å². The molecule has 4 aliphatic heterocycles. The quantitative estimate of drug-likeness (QED) is 0.180. The highest BCUT2D eigenvalue weighted by molar-refractivity contribution is 9.10. The Labute approximate surface area is 332 Å². The van der Waals surface area contributed by atoms with Crippen molar-refractivity contribution in [1.29, 1.82) is 0 Å². The molecule has 9 nitrogen and oxygen atoms in total. The van der Waals surface area contributed by atoms with Crippen LogP contribution in [-0.4, -0.2) is 68.2 Å². The van der Waals surface area contributed by atoms with E-state index in [0.717, 1.165) is 56.8 Å². The van der Waals surface area contributed by atoms with E-state index < -0.39 is 19.8 Å². The fourth-order valence-corrected chi connectivity index (χ4v) is 14.3. The number of ether oxygens (including phenoxy) is 2. The minimum absolute atomic E-state index is 0.0438. The van der Waals surface area contributed by atoms with Crippen molar-refractivity contribution in [3.63, 3.8) is 0 Å². The summed E-state index contributed by atoms with van der Waals surface area (Å²) in [6.07, 6.45) is 2.38. The standard InChI is InChI=1S/C44H48BrN3O6Si/c1-28-42(55(3,4)35-18-16-34(53-2)17-19-35)39(25-41(51)46-22-8-12-33(46)27-49)54-44(28)36-24-31(45)15-20-38(36)47(43(44)52)26-29-9-7-11-32(23-29)48-37-13-6-5-10-30(37)14-21-40(48)50/h5-7,9-11,13,15-20,23-24,28,33,39,42,49H,8,12,14,21-22,25-27H2,1-4H3/t28-,33+,39+,42-,44+/m1/s1. The fourth-order valence-electron chi connectivity index (χ4n) is 9.97. The number of carbonyl (C=O) groups excluding carboxylic acids is 3. The van der Waals surface area contributed by atoms with Crippen molar-refractivity contribution >= 4 is 64.0 Å². The van der Waals surface area contributed by atoms with Crippen LogP contribution in [0.4, 0.5) is 17.1 Å². The highest BCUT2D eigenvalue weighted by Crippen LogP contribution is 2.60. The molecule has 1 spiro atoms. The predicted octanol–water partition coefficient (Wildman–Crippen LogP) is 7.20. The number of benzene rings is 4. The molecule has 2 saturated heterocycles. The third kappa shape index (κ3) is 6.33. The molecule has 4 aromatic carbocycles. The number of fused-ring (bicyclic) bond motifs is 3. The van der Waals surface area contributed by atoms with E-state index in [1.807, 2.05) is 82.6 Å². The van der Waals surface area contributed by atoms with Crippen molar-refractivity contribution < 1.29 is 29.0 Å². The van der Waals surface area contributed by atoms with Gasteiger partial charge in [-0.25, -0.2) is 0 Å². The maximum atomic E-state index is 15.4. The monoisotopic (exact) mass is 821 g/mol. The van der Waals surface area contributed by atoms with Crippen LogP contribution in [0, 0.1) is 5.92 Å². The number of aryl methyl sites for hydroxylation is 1. The van der Waals surface area contributed by atoms with E-state index in [1.165, 1.54) is 5.19 Å². The second kappa shape index (κ2) is 14.7. The molecule has 286 valence electrons. The second-order valence-corrected chi connectivity index (χ2v) is 21.6. The van der Waals surface area contributed by atoms with Crippen molar-refractivity contribution in [2.24, 2.45) is 5.92 Å². The molecule has 3 amide bonds. The largest absolute Gasteiger partial charge is 0.497 e. The van der Waals surface area contributed by atoms with Crippen LogP contribution in [0.3, 0.4) is 0 Å². The highest BCUT2D eigenvalue weighted by atomic mass is 79.9. The number of hydrogen-bond donors (Lipinski definition) is 1. The van der Waals surface area contributed by atoms with E-state index in [4.69, 9.17) is 9.47 Å². The lowest BCUT2D eigenvalue weighted by Gasteiger charge is -2.37. The molecule has 11 heteroatoms. The second-order valence-electron chi connectivity index (χ2n) is 16.0. The summed E-state index contributed by atoms with van der Waals surface area (Å²) < 4.78 is 13.6. The van der Waals surface area contributed by atoms with Crippen LogP contribution in [-0.2, 0) is 37.7 Å². The number of aliphatic hydroxyl groups is 1. The molecular weight excluding hydrogens is 774 g/mol. The molecule has 4 heterocycles. The number of methoxy groups -OCH3 is 1. The third-order valence-corrected chi connectivity index (χ3v) is 17.5. The van der Waals surface area contributed by atoms with Gasteiger partial charge in [-0.3, -0.25) is 19.3 Å². The lowest BCUT2D eigenvalue weighted by Crippen LogP contribution is -2.52. The summed E-state index contributed by atoms with van der Waals surface area (Å²) in [6.45, 7) is 7.58. The van der Waals surface area contributed by atoms with E-state index in [-0.39, 0.29) is 54.8 Å². The Bertz CT molecular complexity index is 2140. The Morgan fingerprint density at radius 3 is 2.53 bits per heavy atom. The van der Waals surface area contributed by atoms with Gasteiger partial charge in [0.1, 0.15) is 5.75 Å². The zero-order chi connectivity index (χ0) is 38.6. The number of hydrogen-bond acceptors (Lipinski definition) is 6. The molecule has 5 atom stereocenters. The average Bonchev–Trinajstić information content (AvgIpc) is 3.85. The van der Waals surface area contributed by atoms with Gasteiger partial charge >= 0.3 is 0 Å². The zero-order valence-electron chi connectivity index (χ0n) is 31.8. The van der Waals surface area contributed by atoms with E-state index in [0.29, 0.717) is 19.4 Å². The smallest absolute Gasteiger partial charge is 0.264 e. The van der Waals surface area contributed by atoms with Crippen LogP contribution in [0.25, 0.3) is 0 Å². The molecule has 0 aromatic heterocycles. The van der Waals surface area contributed by atoms with Gasteiger partial charge in [0.05, 0.1) is 58.3 Å². The Hall–Kier alpha value is -4.29. The number of anilines is 3. The molecule has 8 rings (SSSR count). The Balaban J connectivity index is 1.18. The van der Waals surface area contributed by atoms with Crippen molar-refractivity contribution in [2.45, 2.75) is 82.0 Å². The van der Waals surface area contributed by atoms with Crippen molar-refractivity contribution in [2.75, 3.05) is 30.1 Å². The van der Waals surface area contributed by atoms with Crippen LogP contribution in [0.1, 0.15) is 49.3 Å². The highest BCUT2D eigenvalue weighted by Gasteiger charge is 2.66. The first kappa shape index (κ1) is 37.6. The number of amides is 3. The molecule has 4 aliphatic rings. The average molecular weight is 823 g/mol. The summed E-state index contributed by atoms with van der Waals surface area (Å²) in [5.74, 6) is 0.352. The number of nitrogens with zero attached hydrogens (tertiary/aromatic N) is 3. The van der Waals surface area contributed by atoms with Gasteiger partial charge in [0.2, 0.25) is 11.8 Å². The van der Waals surface area contributed by atoms with Crippen molar-refractivity contribution in [3.05, 3.63) is 112 Å². The zero-order valence-corrected chi connectivity index (χ0v) is 34.4. The molecule has 55 heavy (non-hydrogen) atoms. The topological polar surface area (TPSA) is 99.6 Å². The first-order valence-electron chi connectivity index (χ1n) is 19.3. The Morgan fingerprint density at radius 2 is 1.76 bits per heavy atom. The van der Waals surface area contributed by atoms with Gasteiger partial charge < -0.3 is 24.4 Å². The van der Waals surface area contributed by atoms with Crippen LogP contribution in [0.15, 0.2) is 95.5 Å². The molecule has 0 aliphatic carbocycles. The van der Waals surface area contributed by atoms with Crippen LogP contribution < -0.4 is 19.7 Å². The van der Waals surface area contributed by atoms with Crippen LogP contribution in [0.5, 0.6) is 5.75 Å². The maximum Gasteiger partial charge on any atom is 0.264 e. The van der Waals surface area contributed by atoms with Crippen LogP contribution in [0.2, 0.25) is 18.6 Å². The summed E-state index contributed by atoms with van der Waals surface area (Å²) in [7, 11) is -0.821. The van der Waals surface area contributed by atoms with E-state index in [9.17, 15) is 14.7 Å². The summed E-state index contributed by atoms with van der Waals surface area (Å²) >= 11 is 3.70.